The molecule has 0 radical (unpaired) electrons. The molecule has 0 bridgehead atoms. The number of amides is 1. The molecule has 0 aliphatic carbocycles. The van der Waals surface area contributed by atoms with Crippen molar-refractivity contribution in [2.45, 2.75) is 0 Å². The van der Waals surface area contributed by atoms with Crippen LogP contribution in [0.2, 0.25) is 0 Å². The Morgan fingerprint density at radius 2 is 1.76 bits per heavy atom. The lowest BCUT2D eigenvalue weighted by atomic mass is 10.1. The molecule has 3 rings (SSSR count). The van der Waals surface area contributed by atoms with Gasteiger partial charge in [-0.15, -0.1) is 0 Å². The van der Waals surface area contributed by atoms with Gasteiger partial charge in [-0.2, -0.15) is 0 Å². The number of benzene rings is 2. The van der Waals surface area contributed by atoms with Crippen LogP contribution < -0.4 is 9.62 Å². The number of anilines is 2. The van der Waals surface area contributed by atoms with Gasteiger partial charge < -0.3 is 5.32 Å². The molecule has 0 unspecified atom stereocenters. The Morgan fingerprint density at radius 3 is 2.52 bits per heavy atom. The predicted molar refractivity (Wildman–Crippen MR) is 99.4 cm³/mol. The van der Waals surface area contributed by atoms with Gasteiger partial charge in [-0.25, -0.2) is 8.42 Å². The van der Waals surface area contributed by atoms with Crippen molar-refractivity contribution in [2.75, 3.05) is 22.9 Å². The van der Waals surface area contributed by atoms with E-state index in [4.69, 9.17) is 0 Å². The molecule has 1 N–H and O–H groups in total. The minimum absolute atomic E-state index is 0.267. The Bertz CT molecular complexity index is 1050. The monoisotopic (exact) mass is 355 g/mol. The maximum atomic E-state index is 12.6. The highest BCUT2D eigenvalue weighted by atomic mass is 32.2. The molecular formula is C18H17N3O3S. The number of nitrogens with one attached hydrogen (secondary N) is 1. The van der Waals surface area contributed by atoms with Crippen LogP contribution in [0.3, 0.4) is 0 Å². The average Bonchev–Trinajstić information content (AvgIpc) is 2.60. The SMILES string of the molecule is CN(c1ccccc1C(=O)Nc1cnc2ccccc2c1)S(C)(=O)=O. The number of para-hydroxylation sites is 2. The second-order valence-corrected chi connectivity index (χ2v) is 7.63. The Kier molecular flexibility index (Phi) is 4.41. The van der Waals surface area contributed by atoms with E-state index >= 15 is 0 Å². The van der Waals surface area contributed by atoms with Crippen molar-refractivity contribution in [2.24, 2.45) is 0 Å². The van der Waals surface area contributed by atoms with Gasteiger partial charge >= 0.3 is 0 Å². The summed E-state index contributed by atoms with van der Waals surface area (Å²) in [6.07, 6.45) is 2.66. The number of nitrogens with zero attached hydrogens (tertiary/aromatic N) is 2. The number of sulfonamides is 1. The Balaban J connectivity index is 1.93. The number of hydrogen-bond acceptors (Lipinski definition) is 4. The molecule has 0 spiro atoms. The van der Waals surface area contributed by atoms with E-state index in [9.17, 15) is 13.2 Å². The van der Waals surface area contributed by atoms with Gasteiger partial charge in [0, 0.05) is 12.4 Å². The van der Waals surface area contributed by atoms with E-state index in [1.165, 1.54) is 7.05 Å². The van der Waals surface area contributed by atoms with Crippen molar-refractivity contribution in [3.63, 3.8) is 0 Å². The highest BCUT2D eigenvalue weighted by molar-refractivity contribution is 7.92. The Hall–Kier alpha value is -2.93. The first-order chi connectivity index (χ1) is 11.9. The van der Waals surface area contributed by atoms with Crippen LogP contribution in [0.5, 0.6) is 0 Å². The Morgan fingerprint density at radius 1 is 1.08 bits per heavy atom. The lowest BCUT2D eigenvalue weighted by molar-refractivity contribution is 0.102. The number of hydrogen-bond donors (Lipinski definition) is 1. The number of aromatic nitrogens is 1. The highest BCUT2D eigenvalue weighted by Gasteiger charge is 2.19. The van der Waals surface area contributed by atoms with E-state index in [2.05, 4.69) is 10.3 Å². The maximum Gasteiger partial charge on any atom is 0.257 e. The lowest BCUT2D eigenvalue weighted by Gasteiger charge is -2.19. The molecule has 0 atom stereocenters. The standard InChI is InChI=1S/C18H17N3O3S/c1-21(25(2,23)24)17-10-6-4-8-15(17)18(22)20-14-11-13-7-3-5-9-16(13)19-12-14/h3-12H,1-2H3,(H,20,22). The maximum absolute atomic E-state index is 12.6. The van der Waals surface area contributed by atoms with Crippen LogP contribution in [0.1, 0.15) is 10.4 Å². The molecule has 0 aliphatic heterocycles. The second-order valence-electron chi connectivity index (χ2n) is 5.62. The van der Waals surface area contributed by atoms with Crippen molar-refractivity contribution >= 4 is 38.2 Å². The molecular weight excluding hydrogens is 338 g/mol. The summed E-state index contributed by atoms with van der Waals surface area (Å²) in [6.45, 7) is 0. The molecule has 1 aromatic heterocycles. The van der Waals surface area contributed by atoms with Crippen molar-refractivity contribution in [1.29, 1.82) is 0 Å². The molecule has 1 amide bonds. The van der Waals surface area contributed by atoms with Crippen molar-refractivity contribution < 1.29 is 13.2 Å². The zero-order valence-electron chi connectivity index (χ0n) is 13.8. The summed E-state index contributed by atoms with van der Waals surface area (Å²) in [6, 6.07) is 16.0. The Labute approximate surface area is 146 Å². The molecule has 0 aliphatic rings. The van der Waals surface area contributed by atoms with E-state index in [0.29, 0.717) is 11.4 Å². The zero-order chi connectivity index (χ0) is 18.0. The van der Waals surface area contributed by atoms with Crippen LogP contribution in [0.4, 0.5) is 11.4 Å². The molecule has 3 aromatic rings. The highest BCUT2D eigenvalue weighted by Crippen LogP contribution is 2.23. The third-order valence-corrected chi connectivity index (χ3v) is 5.03. The first-order valence-electron chi connectivity index (χ1n) is 7.55. The number of fused-ring (bicyclic) bond motifs is 1. The summed E-state index contributed by atoms with van der Waals surface area (Å²) in [7, 11) is -2.06. The fourth-order valence-corrected chi connectivity index (χ4v) is 2.97. The smallest absolute Gasteiger partial charge is 0.257 e. The average molecular weight is 355 g/mol. The lowest BCUT2D eigenvalue weighted by Crippen LogP contribution is -2.27. The van der Waals surface area contributed by atoms with Crippen molar-refractivity contribution in [1.82, 2.24) is 4.98 Å². The molecule has 0 saturated heterocycles. The van der Waals surface area contributed by atoms with Gasteiger partial charge in [0.1, 0.15) is 0 Å². The van der Waals surface area contributed by atoms with E-state index in [-0.39, 0.29) is 5.56 Å². The fourth-order valence-electron chi connectivity index (χ4n) is 2.46. The molecule has 0 fully saturated rings. The van der Waals surface area contributed by atoms with Crippen LogP contribution in [-0.2, 0) is 10.0 Å². The first kappa shape index (κ1) is 16.9. The van der Waals surface area contributed by atoms with Gasteiger partial charge in [-0.05, 0) is 24.3 Å². The minimum atomic E-state index is -3.47. The normalized spacial score (nSPS) is 11.3. The van der Waals surface area contributed by atoms with Crippen LogP contribution in [0.15, 0.2) is 60.8 Å². The third-order valence-electron chi connectivity index (χ3n) is 3.83. The van der Waals surface area contributed by atoms with Crippen LogP contribution in [0.25, 0.3) is 10.9 Å². The third kappa shape index (κ3) is 3.61. The summed E-state index contributed by atoms with van der Waals surface area (Å²) in [4.78, 5) is 16.9. The first-order valence-corrected chi connectivity index (χ1v) is 9.40. The molecule has 1 heterocycles. The molecule has 7 heteroatoms. The summed E-state index contributed by atoms with van der Waals surface area (Å²) >= 11 is 0. The second kappa shape index (κ2) is 6.52. The summed E-state index contributed by atoms with van der Waals surface area (Å²) in [5.41, 5.74) is 1.96. The number of carbonyl (C=O) groups excluding carboxylic acids is 1. The fraction of sp³-hybridized carbons (Fsp3) is 0.111. The van der Waals surface area contributed by atoms with Crippen molar-refractivity contribution in [3.05, 3.63) is 66.4 Å². The minimum Gasteiger partial charge on any atom is -0.321 e. The summed E-state index contributed by atoms with van der Waals surface area (Å²) < 4.78 is 24.7. The molecule has 6 nitrogen and oxygen atoms in total. The number of rotatable bonds is 4. The van der Waals surface area contributed by atoms with Crippen molar-refractivity contribution in [3.8, 4) is 0 Å². The quantitative estimate of drug-likeness (QED) is 0.780. The van der Waals surface area contributed by atoms with Gasteiger partial charge in [0.05, 0.1) is 34.9 Å². The van der Waals surface area contributed by atoms with E-state index in [1.807, 2.05) is 30.3 Å². The van der Waals surface area contributed by atoms with Gasteiger partial charge in [-0.1, -0.05) is 30.3 Å². The van der Waals surface area contributed by atoms with Gasteiger partial charge in [0.25, 0.3) is 5.91 Å². The molecule has 0 saturated carbocycles. The largest absolute Gasteiger partial charge is 0.321 e. The van der Waals surface area contributed by atoms with E-state index in [0.717, 1.165) is 21.5 Å². The summed E-state index contributed by atoms with van der Waals surface area (Å²) in [5.74, 6) is -0.400. The molecule has 2 aromatic carbocycles. The predicted octanol–water partition coefficient (Wildman–Crippen LogP) is 2.88. The number of pyridine rings is 1. The zero-order valence-corrected chi connectivity index (χ0v) is 14.6. The van der Waals surface area contributed by atoms with Gasteiger partial charge in [-0.3, -0.25) is 14.1 Å². The van der Waals surface area contributed by atoms with Crippen LogP contribution in [-0.4, -0.2) is 32.6 Å². The van der Waals surface area contributed by atoms with E-state index < -0.39 is 15.9 Å². The topological polar surface area (TPSA) is 79.4 Å². The van der Waals surface area contributed by atoms with E-state index in [1.54, 1.807) is 30.5 Å². The molecule has 128 valence electrons. The van der Waals surface area contributed by atoms with Crippen LogP contribution >= 0.6 is 0 Å². The van der Waals surface area contributed by atoms with Gasteiger partial charge in [0.2, 0.25) is 10.0 Å². The molecule has 25 heavy (non-hydrogen) atoms. The number of carbonyl (C=O) groups is 1. The summed E-state index contributed by atoms with van der Waals surface area (Å²) in [5, 5.41) is 3.68. The van der Waals surface area contributed by atoms with Crippen LogP contribution in [0, 0.1) is 0 Å². The van der Waals surface area contributed by atoms with Gasteiger partial charge in [0.15, 0.2) is 0 Å².